The fraction of sp³-hybridized carbons (Fsp3) is 0.667. The highest BCUT2D eigenvalue weighted by Gasteiger charge is 2.34. The molecule has 0 aliphatic rings. The summed E-state index contributed by atoms with van der Waals surface area (Å²) in [5.41, 5.74) is -0.297. The van der Waals surface area contributed by atoms with Gasteiger partial charge in [0.25, 0.3) is 0 Å². The Morgan fingerprint density at radius 1 is 1.44 bits per heavy atom. The number of aromatic nitrogens is 2. The molecule has 0 radical (unpaired) electrons. The maximum Gasteiger partial charge on any atom is 0.435 e. The summed E-state index contributed by atoms with van der Waals surface area (Å²) in [6.07, 6.45) is -3.41. The smallest absolute Gasteiger partial charge is 0.311 e. The summed E-state index contributed by atoms with van der Waals surface area (Å²) < 4.78 is 38.1. The van der Waals surface area contributed by atoms with Crippen LogP contribution in [0.1, 0.15) is 24.7 Å². The van der Waals surface area contributed by atoms with Crippen molar-refractivity contribution in [3.8, 4) is 0 Å². The van der Waals surface area contributed by atoms with Crippen molar-refractivity contribution in [3.63, 3.8) is 0 Å². The SMILES string of the molecule is CCCNCc1cc(C(F)(F)F)nn1C.Cl. The van der Waals surface area contributed by atoms with Gasteiger partial charge in [0.1, 0.15) is 0 Å². The Hall–Kier alpha value is -0.750. The van der Waals surface area contributed by atoms with Crippen LogP contribution in [0.4, 0.5) is 13.2 Å². The Balaban J connectivity index is 0.00000225. The van der Waals surface area contributed by atoms with Crippen molar-refractivity contribution in [3.05, 3.63) is 17.5 Å². The number of aryl methyl sites for hydroxylation is 1. The molecule has 0 amide bonds. The number of hydrogen-bond acceptors (Lipinski definition) is 2. The average Bonchev–Trinajstić information content (AvgIpc) is 2.48. The molecule has 0 fully saturated rings. The highest BCUT2D eigenvalue weighted by atomic mass is 35.5. The molecule has 0 aliphatic carbocycles. The van der Waals surface area contributed by atoms with Gasteiger partial charge in [-0.1, -0.05) is 6.92 Å². The molecule has 0 atom stereocenters. The molecule has 0 unspecified atom stereocenters. The first-order valence-corrected chi connectivity index (χ1v) is 4.76. The van der Waals surface area contributed by atoms with Gasteiger partial charge in [-0.2, -0.15) is 18.3 Å². The maximum atomic E-state index is 12.3. The summed E-state index contributed by atoms with van der Waals surface area (Å²) in [5.74, 6) is 0. The van der Waals surface area contributed by atoms with Crippen LogP contribution in [-0.4, -0.2) is 16.3 Å². The molecule has 94 valence electrons. The molecule has 0 aromatic carbocycles. The molecule has 0 saturated carbocycles. The van der Waals surface area contributed by atoms with Gasteiger partial charge in [0.15, 0.2) is 5.69 Å². The van der Waals surface area contributed by atoms with E-state index in [-0.39, 0.29) is 12.4 Å². The van der Waals surface area contributed by atoms with Gasteiger partial charge in [0.2, 0.25) is 0 Å². The van der Waals surface area contributed by atoms with Crippen LogP contribution in [-0.2, 0) is 19.8 Å². The Bertz CT molecular complexity index is 322. The quantitative estimate of drug-likeness (QED) is 0.840. The third kappa shape index (κ3) is 4.02. The van der Waals surface area contributed by atoms with Gasteiger partial charge in [-0.25, -0.2) is 0 Å². The summed E-state index contributed by atoms with van der Waals surface area (Å²) in [7, 11) is 1.51. The van der Waals surface area contributed by atoms with E-state index in [1.807, 2.05) is 6.92 Å². The topological polar surface area (TPSA) is 29.9 Å². The first-order chi connectivity index (χ1) is 6.95. The van der Waals surface area contributed by atoms with Crippen LogP contribution in [0, 0.1) is 0 Å². The zero-order valence-electron chi connectivity index (χ0n) is 9.14. The van der Waals surface area contributed by atoms with Gasteiger partial charge < -0.3 is 5.32 Å². The Labute approximate surface area is 98.4 Å². The lowest BCUT2D eigenvalue weighted by Gasteiger charge is -2.02. The zero-order valence-corrected chi connectivity index (χ0v) is 9.95. The molecule has 1 N–H and O–H groups in total. The predicted octanol–water partition coefficient (Wildman–Crippen LogP) is 2.36. The molecule has 16 heavy (non-hydrogen) atoms. The number of rotatable bonds is 4. The Morgan fingerprint density at radius 2 is 2.06 bits per heavy atom. The van der Waals surface area contributed by atoms with Crippen molar-refractivity contribution in [1.29, 1.82) is 0 Å². The fourth-order valence-electron chi connectivity index (χ4n) is 1.20. The minimum absolute atomic E-state index is 0. The van der Waals surface area contributed by atoms with Gasteiger partial charge in [0, 0.05) is 13.6 Å². The van der Waals surface area contributed by atoms with E-state index in [9.17, 15) is 13.2 Å². The Kier molecular flexibility index (Phi) is 5.81. The molecule has 3 nitrogen and oxygen atoms in total. The first kappa shape index (κ1) is 15.2. The van der Waals surface area contributed by atoms with Crippen molar-refractivity contribution in [2.75, 3.05) is 6.54 Å². The summed E-state index contributed by atoms with van der Waals surface area (Å²) >= 11 is 0. The summed E-state index contributed by atoms with van der Waals surface area (Å²) in [5, 5.41) is 6.44. The number of hydrogen-bond donors (Lipinski definition) is 1. The predicted molar refractivity (Wildman–Crippen MR) is 57.5 cm³/mol. The molecule has 0 spiro atoms. The molecule has 1 aromatic rings. The number of nitrogens with one attached hydrogen (secondary N) is 1. The van der Waals surface area contributed by atoms with Crippen molar-refractivity contribution >= 4 is 12.4 Å². The molecular formula is C9H15ClF3N3. The second-order valence-corrected chi connectivity index (χ2v) is 3.32. The second-order valence-electron chi connectivity index (χ2n) is 3.32. The minimum atomic E-state index is -4.36. The van der Waals surface area contributed by atoms with Crippen LogP contribution in [0.15, 0.2) is 6.07 Å². The van der Waals surface area contributed by atoms with Gasteiger partial charge in [-0.15, -0.1) is 12.4 Å². The van der Waals surface area contributed by atoms with E-state index < -0.39 is 11.9 Å². The Morgan fingerprint density at radius 3 is 2.50 bits per heavy atom. The molecule has 1 rings (SSSR count). The monoisotopic (exact) mass is 257 g/mol. The van der Waals surface area contributed by atoms with E-state index in [0.717, 1.165) is 19.0 Å². The normalized spacial score (nSPS) is 11.3. The highest BCUT2D eigenvalue weighted by Crippen LogP contribution is 2.28. The second kappa shape index (κ2) is 6.10. The van der Waals surface area contributed by atoms with Crippen molar-refractivity contribution in [1.82, 2.24) is 15.1 Å². The fourth-order valence-corrected chi connectivity index (χ4v) is 1.20. The molecule has 0 saturated heterocycles. The van der Waals surface area contributed by atoms with Crippen molar-refractivity contribution in [2.24, 2.45) is 7.05 Å². The number of halogens is 4. The van der Waals surface area contributed by atoms with E-state index in [1.165, 1.54) is 11.7 Å². The van der Waals surface area contributed by atoms with Gasteiger partial charge in [-0.3, -0.25) is 4.68 Å². The molecule has 7 heteroatoms. The summed E-state index contributed by atoms with van der Waals surface area (Å²) in [4.78, 5) is 0. The van der Waals surface area contributed by atoms with Crippen LogP contribution >= 0.6 is 12.4 Å². The van der Waals surface area contributed by atoms with E-state index in [4.69, 9.17) is 0 Å². The van der Waals surface area contributed by atoms with Gasteiger partial charge in [0.05, 0.1) is 5.69 Å². The van der Waals surface area contributed by atoms with Crippen molar-refractivity contribution in [2.45, 2.75) is 26.1 Å². The first-order valence-electron chi connectivity index (χ1n) is 4.76. The third-order valence-corrected chi connectivity index (χ3v) is 2.00. The maximum absolute atomic E-state index is 12.3. The van der Waals surface area contributed by atoms with Crippen LogP contribution in [0.2, 0.25) is 0 Å². The molecular weight excluding hydrogens is 243 g/mol. The number of nitrogens with zero attached hydrogens (tertiary/aromatic N) is 2. The molecule has 0 bridgehead atoms. The summed E-state index contributed by atoms with van der Waals surface area (Å²) in [6.45, 7) is 3.19. The molecule has 1 heterocycles. The summed E-state index contributed by atoms with van der Waals surface area (Å²) in [6, 6.07) is 1.07. The van der Waals surface area contributed by atoms with E-state index in [0.29, 0.717) is 12.2 Å². The lowest BCUT2D eigenvalue weighted by atomic mass is 10.3. The lowest BCUT2D eigenvalue weighted by Crippen LogP contribution is -2.16. The zero-order chi connectivity index (χ0) is 11.5. The van der Waals surface area contributed by atoms with Crippen LogP contribution in [0.3, 0.4) is 0 Å². The third-order valence-electron chi connectivity index (χ3n) is 2.00. The lowest BCUT2D eigenvalue weighted by molar-refractivity contribution is -0.141. The molecule has 1 aromatic heterocycles. The van der Waals surface area contributed by atoms with Crippen LogP contribution in [0.5, 0.6) is 0 Å². The van der Waals surface area contributed by atoms with Gasteiger partial charge in [-0.05, 0) is 19.0 Å². The minimum Gasteiger partial charge on any atom is -0.311 e. The van der Waals surface area contributed by atoms with E-state index >= 15 is 0 Å². The average molecular weight is 258 g/mol. The standard InChI is InChI=1S/C9H14F3N3.ClH/c1-3-4-13-6-7-5-8(9(10,11)12)14-15(7)2;/h5,13H,3-4,6H2,1-2H3;1H. The van der Waals surface area contributed by atoms with Crippen LogP contribution < -0.4 is 5.32 Å². The van der Waals surface area contributed by atoms with E-state index in [1.54, 1.807) is 0 Å². The number of alkyl halides is 3. The van der Waals surface area contributed by atoms with Gasteiger partial charge >= 0.3 is 6.18 Å². The highest BCUT2D eigenvalue weighted by molar-refractivity contribution is 5.85. The largest absolute Gasteiger partial charge is 0.435 e. The van der Waals surface area contributed by atoms with E-state index in [2.05, 4.69) is 10.4 Å². The van der Waals surface area contributed by atoms with Crippen LogP contribution in [0.25, 0.3) is 0 Å². The molecule has 0 aliphatic heterocycles. The van der Waals surface area contributed by atoms with Crippen molar-refractivity contribution < 1.29 is 13.2 Å².